The summed E-state index contributed by atoms with van der Waals surface area (Å²) in [5.41, 5.74) is 1.57. The lowest BCUT2D eigenvalue weighted by molar-refractivity contribution is 0.297. The number of halogens is 1. The largest absolute Gasteiger partial charge is 0.489 e. The SMILES string of the molecule is CNc1nccnc1-c1cc(Cl)c2c(c1)OCCCO2. The second-order valence-electron chi connectivity index (χ2n) is 4.34. The molecule has 0 radical (unpaired) electrons. The third kappa shape index (κ3) is 2.36. The fourth-order valence-corrected chi connectivity index (χ4v) is 2.36. The van der Waals surface area contributed by atoms with Crippen LogP contribution in [-0.2, 0) is 0 Å². The van der Waals surface area contributed by atoms with Gasteiger partial charge in [-0.2, -0.15) is 0 Å². The Labute approximate surface area is 121 Å². The number of fused-ring (bicyclic) bond motifs is 1. The van der Waals surface area contributed by atoms with E-state index in [9.17, 15) is 0 Å². The Balaban J connectivity index is 2.11. The first-order chi connectivity index (χ1) is 9.79. The lowest BCUT2D eigenvalue weighted by Gasteiger charge is -2.12. The number of hydrogen-bond acceptors (Lipinski definition) is 5. The number of hydrogen-bond donors (Lipinski definition) is 1. The molecule has 104 valence electrons. The van der Waals surface area contributed by atoms with Crippen molar-refractivity contribution in [3.63, 3.8) is 0 Å². The fourth-order valence-electron chi connectivity index (χ4n) is 2.10. The molecule has 5 nitrogen and oxygen atoms in total. The van der Waals surface area contributed by atoms with Gasteiger partial charge in [0.15, 0.2) is 17.3 Å². The minimum absolute atomic E-state index is 0.520. The molecular formula is C14H14ClN3O2. The molecule has 6 heteroatoms. The van der Waals surface area contributed by atoms with Crippen LogP contribution in [-0.4, -0.2) is 30.2 Å². The van der Waals surface area contributed by atoms with Crippen LogP contribution in [0.4, 0.5) is 5.82 Å². The summed E-state index contributed by atoms with van der Waals surface area (Å²) in [6, 6.07) is 3.71. The fraction of sp³-hybridized carbons (Fsp3) is 0.286. The highest BCUT2D eigenvalue weighted by Crippen LogP contribution is 2.41. The van der Waals surface area contributed by atoms with Crippen molar-refractivity contribution in [2.45, 2.75) is 6.42 Å². The van der Waals surface area contributed by atoms with Crippen molar-refractivity contribution < 1.29 is 9.47 Å². The van der Waals surface area contributed by atoms with Crippen LogP contribution < -0.4 is 14.8 Å². The van der Waals surface area contributed by atoms with Gasteiger partial charge in [-0.05, 0) is 12.1 Å². The molecule has 0 fully saturated rings. The summed E-state index contributed by atoms with van der Waals surface area (Å²) in [4.78, 5) is 8.60. The number of aromatic nitrogens is 2. The quantitative estimate of drug-likeness (QED) is 0.922. The van der Waals surface area contributed by atoms with Crippen molar-refractivity contribution in [2.75, 3.05) is 25.6 Å². The van der Waals surface area contributed by atoms with Gasteiger partial charge in [-0.1, -0.05) is 11.6 Å². The molecule has 1 aromatic heterocycles. The van der Waals surface area contributed by atoms with E-state index in [0.29, 0.717) is 35.6 Å². The second kappa shape index (κ2) is 5.54. The monoisotopic (exact) mass is 291 g/mol. The van der Waals surface area contributed by atoms with Crippen molar-refractivity contribution in [2.24, 2.45) is 0 Å². The normalized spacial score (nSPS) is 13.7. The minimum Gasteiger partial charge on any atom is -0.489 e. The Morgan fingerprint density at radius 3 is 2.80 bits per heavy atom. The molecule has 2 heterocycles. The lowest BCUT2D eigenvalue weighted by atomic mass is 10.1. The summed E-state index contributed by atoms with van der Waals surface area (Å²) in [5, 5.41) is 3.54. The Bertz CT molecular complexity index is 634. The van der Waals surface area contributed by atoms with Crippen LogP contribution in [0.15, 0.2) is 24.5 Å². The topological polar surface area (TPSA) is 56.3 Å². The number of anilines is 1. The summed E-state index contributed by atoms with van der Waals surface area (Å²) in [6.07, 6.45) is 4.13. The van der Waals surface area contributed by atoms with Crippen molar-refractivity contribution in [3.05, 3.63) is 29.5 Å². The third-order valence-corrected chi connectivity index (χ3v) is 3.29. The van der Waals surface area contributed by atoms with Gasteiger partial charge in [-0.3, -0.25) is 4.98 Å². The van der Waals surface area contributed by atoms with Gasteiger partial charge in [0.25, 0.3) is 0 Å². The van der Waals surface area contributed by atoms with Gasteiger partial charge in [-0.25, -0.2) is 4.98 Å². The highest BCUT2D eigenvalue weighted by molar-refractivity contribution is 6.32. The highest BCUT2D eigenvalue weighted by Gasteiger charge is 2.18. The first-order valence-electron chi connectivity index (χ1n) is 6.38. The molecule has 1 aliphatic heterocycles. The Morgan fingerprint density at radius 1 is 1.15 bits per heavy atom. The first kappa shape index (κ1) is 13.0. The van der Waals surface area contributed by atoms with E-state index in [0.717, 1.165) is 17.7 Å². The number of nitrogens with zero attached hydrogens (tertiary/aromatic N) is 2. The van der Waals surface area contributed by atoms with E-state index in [1.807, 2.05) is 12.1 Å². The maximum absolute atomic E-state index is 6.29. The Hall–Kier alpha value is -2.01. The minimum atomic E-state index is 0.520. The molecule has 1 N–H and O–H groups in total. The summed E-state index contributed by atoms with van der Waals surface area (Å²) in [5.74, 6) is 1.94. The van der Waals surface area contributed by atoms with Crippen LogP contribution in [0.3, 0.4) is 0 Å². The standard InChI is InChI=1S/C14H14ClN3O2/c1-16-14-12(17-3-4-18-14)9-7-10(15)13-11(8-9)19-5-2-6-20-13/h3-4,7-8H,2,5-6H2,1H3,(H,16,18). The molecule has 0 bridgehead atoms. The van der Waals surface area contributed by atoms with Gasteiger partial charge in [0, 0.05) is 31.4 Å². The molecule has 0 aliphatic carbocycles. The zero-order valence-corrected chi connectivity index (χ0v) is 11.8. The van der Waals surface area contributed by atoms with Crippen LogP contribution in [0.25, 0.3) is 11.3 Å². The van der Waals surface area contributed by atoms with Crippen molar-refractivity contribution >= 4 is 17.4 Å². The van der Waals surface area contributed by atoms with E-state index in [-0.39, 0.29) is 0 Å². The molecular weight excluding hydrogens is 278 g/mol. The first-order valence-corrected chi connectivity index (χ1v) is 6.75. The van der Waals surface area contributed by atoms with Crippen LogP contribution >= 0.6 is 11.6 Å². The molecule has 2 aromatic rings. The zero-order valence-electron chi connectivity index (χ0n) is 11.0. The van der Waals surface area contributed by atoms with Crippen LogP contribution in [0.1, 0.15) is 6.42 Å². The molecule has 1 aromatic carbocycles. The van der Waals surface area contributed by atoms with Crippen molar-refractivity contribution in [1.29, 1.82) is 0 Å². The van der Waals surface area contributed by atoms with Gasteiger partial charge in [-0.15, -0.1) is 0 Å². The number of nitrogens with one attached hydrogen (secondary N) is 1. The zero-order chi connectivity index (χ0) is 13.9. The Morgan fingerprint density at radius 2 is 1.95 bits per heavy atom. The molecule has 0 atom stereocenters. The molecule has 0 spiro atoms. The van der Waals surface area contributed by atoms with E-state index in [2.05, 4.69) is 15.3 Å². The van der Waals surface area contributed by atoms with E-state index in [1.54, 1.807) is 19.4 Å². The predicted molar refractivity (Wildman–Crippen MR) is 77.6 cm³/mol. The smallest absolute Gasteiger partial charge is 0.179 e. The van der Waals surface area contributed by atoms with Gasteiger partial charge in [0.05, 0.1) is 18.2 Å². The average Bonchev–Trinajstić information content (AvgIpc) is 2.73. The van der Waals surface area contributed by atoms with E-state index >= 15 is 0 Å². The van der Waals surface area contributed by atoms with E-state index in [1.165, 1.54) is 0 Å². The second-order valence-corrected chi connectivity index (χ2v) is 4.75. The molecule has 3 rings (SSSR count). The van der Waals surface area contributed by atoms with Gasteiger partial charge < -0.3 is 14.8 Å². The maximum Gasteiger partial charge on any atom is 0.179 e. The predicted octanol–water partition coefficient (Wildman–Crippen LogP) is 3.00. The lowest BCUT2D eigenvalue weighted by Crippen LogP contribution is -1.98. The molecule has 1 aliphatic rings. The summed E-state index contributed by atoms with van der Waals surface area (Å²) >= 11 is 6.29. The van der Waals surface area contributed by atoms with Gasteiger partial charge in [0.1, 0.15) is 5.69 Å². The maximum atomic E-state index is 6.29. The van der Waals surface area contributed by atoms with Gasteiger partial charge >= 0.3 is 0 Å². The molecule has 0 amide bonds. The highest BCUT2D eigenvalue weighted by atomic mass is 35.5. The number of benzene rings is 1. The van der Waals surface area contributed by atoms with E-state index < -0.39 is 0 Å². The van der Waals surface area contributed by atoms with Crippen molar-refractivity contribution in [1.82, 2.24) is 9.97 Å². The number of ether oxygens (including phenoxy) is 2. The summed E-state index contributed by atoms with van der Waals surface area (Å²) in [7, 11) is 1.80. The van der Waals surface area contributed by atoms with Crippen LogP contribution in [0, 0.1) is 0 Å². The molecule has 20 heavy (non-hydrogen) atoms. The molecule has 0 saturated carbocycles. The molecule has 0 saturated heterocycles. The Kier molecular flexibility index (Phi) is 3.60. The van der Waals surface area contributed by atoms with Crippen LogP contribution in [0.5, 0.6) is 11.5 Å². The average molecular weight is 292 g/mol. The molecule has 0 unspecified atom stereocenters. The third-order valence-electron chi connectivity index (χ3n) is 3.01. The number of rotatable bonds is 2. The van der Waals surface area contributed by atoms with Crippen molar-refractivity contribution in [3.8, 4) is 22.8 Å². The van der Waals surface area contributed by atoms with E-state index in [4.69, 9.17) is 21.1 Å². The van der Waals surface area contributed by atoms with Gasteiger partial charge in [0.2, 0.25) is 0 Å². The van der Waals surface area contributed by atoms with Crippen LogP contribution in [0.2, 0.25) is 5.02 Å². The summed E-state index contributed by atoms with van der Waals surface area (Å²) < 4.78 is 11.3. The summed E-state index contributed by atoms with van der Waals surface area (Å²) in [6.45, 7) is 1.23.